The summed E-state index contributed by atoms with van der Waals surface area (Å²) < 4.78 is 0. The Morgan fingerprint density at radius 3 is 2.38 bits per heavy atom. The summed E-state index contributed by atoms with van der Waals surface area (Å²) in [6, 6.07) is 0.300. The van der Waals surface area contributed by atoms with Gasteiger partial charge in [0, 0.05) is 6.04 Å². The predicted molar refractivity (Wildman–Crippen MR) is 65.2 cm³/mol. The number of nitrogens with two attached hydrogens (primary N) is 1. The van der Waals surface area contributed by atoms with Crippen molar-refractivity contribution in [3.05, 3.63) is 11.4 Å². The van der Waals surface area contributed by atoms with Crippen LogP contribution in [-0.4, -0.2) is 27.8 Å². The average Bonchev–Trinajstić information content (AvgIpc) is 2.22. The minimum absolute atomic E-state index is 0.300. The molecule has 3 N–H and O–H groups in total. The Hall–Kier alpha value is -1.23. The van der Waals surface area contributed by atoms with Crippen LogP contribution in [0, 0.1) is 19.8 Å². The fraction of sp³-hybridized carbons (Fsp3) is 0.727. The van der Waals surface area contributed by atoms with Gasteiger partial charge in [-0.15, -0.1) is 5.10 Å². The van der Waals surface area contributed by atoms with Crippen LogP contribution in [0.5, 0.6) is 0 Å². The van der Waals surface area contributed by atoms with Gasteiger partial charge in [0.15, 0.2) is 0 Å². The van der Waals surface area contributed by atoms with Crippen LogP contribution in [0.3, 0.4) is 0 Å². The molecule has 0 fully saturated rings. The van der Waals surface area contributed by atoms with E-state index in [0.29, 0.717) is 24.5 Å². The summed E-state index contributed by atoms with van der Waals surface area (Å²) >= 11 is 0. The van der Waals surface area contributed by atoms with Gasteiger partial charge < -0.3 is 11.1 Å². The molecule has 1 rings (SSSR count). The van der Waals surface area contributed by atoms with Gasteiger partial charge in [-0.05, 0) is 32.7 Å². The molecule has 0 saturated carbocycles. The molecule has 0 aliphatic carbocycles. The van der Waals surface area contributed by atoms with Gasteiger partial charge in [0.2, 0.25) is 5.95 Å². The zero-order valence-corrected chi connectivity index (χ0v) is 10.5. The minimum atomic E-state index is 0.300. The van der Waals surface area contributed by atoms with Crippen LogP contribution in [0.1, 0.15) is 31.7 Å². The summed E-state index contributed by atoms with van der Waals surface area (Å²) in [5.74, 6) is 1.09. The van der Waals surface area contributed by atoms with Crippen molar-refractivity contribution in [3.8, 4) is 0 Å². The fourth-order valence-corrected chi connectivity index (χ4v) is 1.44. The van der Waals surface area contributed by atoms with E-state index in [1.54, 1.807) is 0 Å². The molecule has 1 unspecified atom stereocenters. The topological polar surface area (TPSA) is 76.7 Å². The highest BCUT2D eigenvalue weighted by Crippen LogP contribution is 2.11. The number of hydrogen-bond acceptors (Lipinski definition) is 5. The van der Waals surface area contributed by atoms with Gasteiger partial charge >= 0.3 is 0 Å². The molecule has 90 valence electrons. The second-order valence-electron chi connectivity index (χ2n) is 4.38. The quantitative estimate of drug-likeness (QED) is 0.786. The number of anilines is 1. The van der Waals surface area contributed by atoms with Gasteiger partial charge in [0.25, 0.3) is 0 Å². The number of hydrogen-bond donors (Lipinski definition) is 2. The van der Waals surface area contributed by atoms with E-state index in [4.69, 9.17) is 5.73 Å². The molecular formula is C11H21N5. The van der Waals surface area contributed by atoms with Gasteiger partial charge in [-0.1, -0.05) is 13.8 Å². The van der Waals surface area contributed by atoms with Gasteiger partial charge in [-0.25, -0.2) is 4.98 Å². The molecule has 0 aliphatic heterocycles. The number of aromatic nitrogens is 3. The number of rotatable bonds is 5. The van der Waals surface area contributed by atoms with Gasteiger partial charge in [0.05, 0.1) is 11.4 Å². The number of nitrogens with zero attached hydrogens (tertiary/aromatic N) is 3. The van der Waals surface area contributed by atoms with Gasteiger partial charge in [-0.2, -0.15) is 5.10 Å². The van der Waals surface area contributed by atoms with Crippen molar-refractivity contribution >= 4 is 5.95 Å². The van der Waals surface area contributed by atoms with E-state index in [9.17, 15) is 0 Å². The molecule has 1 atom stereocenters. The normalized spacial score (nSPS) is 12.9. The SMILES string of the molecule is Cc1nnc(NC(CCN)C(C)C)nc1C. The second kappa shape index (κ2) is 5.75. The third-order valence-corrected chi connectivity index (χ3v) is 2.69. The molecule has 0 amide bonds. The van der Waals surface area contributed by atoms with Crippen LogP contribution in [0.25, 0.3) is 0 Å². The van der Waals surface area contributed by atoms with Crippen molar-refractivity contribution in [2.75, 3.05) is 11.9 Å². The lowest BCUT2D eigenvalue weighted by Crippen LogP contribution is -2.29. The van der Waals surface area contributed by atoms with Crippen LogP contribution >= 0.6 is 0 Å². The lowest BCUT2D eigenvalue weighted by atomic mass is 10.0. The Balaban J connectivity index is 2.73. The molecule has 1 heterocycles. The van der Waals surface area contributed by atoms with Crippen molar-refractivity contribution in [1.29, 1.82) is 0 Å². The van der Waals surface area contributed by atoms with Crippen LogP contribution in [0.15, 0.2) is 0 Å². The highest BCUT2D eigenvalue weighted by atomic mass is 15.2. The van der Waals surface area contributed by atoms with Crippen molar-refractivity contribution < 1.29 is 0 Å². The van der Waals surface area contributed by atoms with E-state index in [-0.39, 0.29) is 0 Å². The molecule has 0 aliphatic rings. The Bertz CT molecular complexity index is 337. The van der Waals surface area contributed by atoms with E-state index >= 15 is 0 Å². The fourth-order valence-electron chi connectivity index (χ4n) is 1.44. The summed E-state index contributed by atoms with van der Waals surface area (Å²) in [7, 11) is 0. The van der Waals surface area contributed by atoms with Gasteiger partial charge in [0.1, 0.15) is 0 Å². The molecule has 16 heavy (non-hydrogen) atoms. The Morgan fingerprint density at radius 1 is 1.19 bits per heavy atom. The van der Waals surface area contributed by atoms with Crippen LogP contribution < -0.4 is 11.1 Å². The van der Waals surface area contributed by atoms with E-state index in [0.717, 1.165) is 17.8 Å². The minimum Gasteiger partial charge on any atom is -0.350 e. The molecular weight excluding hydrogens is 202 g/mol. The van der Waals surface area contributed by atoms with E-state index in [2.05, 4.69) is 34.3 Å². The smallest absolute Gasteiger partial charge is 0.243 e. The molecule has 0 spiro atoms. The Kier molecular flexibility index (Phi) is 4.61. The highest BCUT2D eigenvalue weighted by molar-refractivity contribution is 5.26. The van der Waals surface area contributed by atoms with E-state index in [1.807, 2.05) is 13.8 Å². The third-order valence-electron chi connectivity index (χ3n) is 2.69. The first kappa shape index (κ1) is 12.8. The lowest BCUT2D eigenvalue weighted by molar-refractivity contribution is 0.495. The predicted octanol–water partition coefficient (Wildman–Crippen LogP) is 1.27. The summed E-state index contributed by atoms with van der Waals surface area (Å²) in [5, 5.41) is 11.4. The average molecular weight is 223 g/mol. The molecule has 0 aromatic carbocycles. The maximum absolute atomic E-state index is 5.58. The van der Waals surface area contributed by atoms with Crippen molar-refractivity contribution in [1.82, 2.24) is 15.2 Å². The molecule has 5 nitrogen and oxygen atoms in total. The summed E-state index contributed by atoms with van der Waals surface area (Å²) in [6.07, 6.45) is 0.911. The summed E-state index contributed by atoms with van der Waals surface area (Å²) in [5.41, 5.74) is 7.35. The zero-order chi connectivity index (χ0) is 12.1. The first-order chi connectivity index (χ1) is 7.54. The van der Waals surface area contributed by atoms with Crippen molar-refractivity contribution in [2.24, 2.45) is 11.7 Å². The van der Waals surface area contributed by atoms with E-state index < -0.39 is 0 Å². The first-order valence-corrected chi connectivity index (χ1v) is 5.69. The maximum atomic E-state index is 5.58. The zero-order valence-electron chi connectivity index (χ0n) is 10.5. The Morgan fingerprint density at radius 2 is 1.88 bits per heavy atom. The molecule has 0 radical (unpaired) electrons. The Labute approximate surface area is 96.9 Å². The lowest BCUT2D eigenvalue weighted by Gasteiger charge is -2.21. The van der Waals surface area contributed by atoms with Crippen LogP contribution in [0.4, 0.5) is 5.95 Å². The molecule has 1 aromatic heterocycles. The largest absolute Gasteiger partial charge is 0.350 e. The molecule has 1 aromatic rings. The van der Waals surface area contributed by atoms with Crippen LogP contribution in [-0.2, 0) is 0 Å². The van der Waals surface area contributed by atoms with Gasteiger partial charge in [-0.3, -0.25) is 0 Å². The molecule has 0 bridgehead atoms. The van der Waals surface area contributed by atoms with E-state index in [1.165, 1.54) is 0 Å². The molecule has 0 saturated heterocycles. The second-order valence-corrected chi connectivity index (χ2v) is 4.38. The van der Waals surface area contributed by atoms with Crippen molar-refractivity contribution in [2.45, 2.75) is 40.2 Å². The third kappa shape index (κ3) is 3.41. The highest BCUT2D eigenvalue weighted by Gasteiger charge is 2.13. The standard InChI is InChI=1S/C11H21N5/c1-7(2)10(5-6-12)14-11-13-8(3)9(4)15-16-11/h7,10H,5-6,12H2,1-4H3,(H,13,14,16). The monoisotopic (exact) mass is 223 g/mol. The molecule has 5 heteroatoms. The van der Waals surface area contributed by atoms with Crippen LogP contribution in [0.2, 0.25) is 0 Å². The number of aryl methyl sites for hydroxylation is 2. The van der Waals surface area contributed by atoms with Crippen molar-refractivity contribution in [3.63, 3.8) is 0 Å². The number of nitrogens with one attached hydrogen (secondary N) is 1. The maximum Gasteiger partial charge on any atom is 0.243 e. The summed E-state index contributed by atoms with van der Waals surface area (Å²) in [6.45, 7) is 8.80. The summed E-state index contributed by atoms with van der Waals surface area (Å²) in [4.78, 5) is 4.35. The first-order valence-electron chi connectivity index (χ1n) is 5.69.